The Bertz CT molecular complexity index is 199. The van der Waals surface area contributed by atoms with E-state index in [0.29, 0.717) is 17.6 Å². The van der Waals surface area contributed by atoms with Crippen LogP contribution in [0.4, 0.5) is 0 Å². The third-order valence-corrected chi connectivity index (χ3v) is 2.73. The quantitative estimate of drug-likeness (QED) is 0.576. The molecule has 0 aromatic carbocycles. The maximum atomic E-state index is 11.4. The highest BCUT2D eigenvalue weighted by atomic mass is 16.1. The van der Waals surface area contributed by atoms with E-state index in [1.807, 2.05) is 0 Å². The predicted octanol–water partition coefficient (Wildman–Crippen LogP) is 2.96. The van der Waals surface area contributed by atoms with Crippen molar-refractivity contribution >= 4 is 5.78 Å². The molecule has 0 unspecified atom stereocenters. The number of carbonyl (C=O) groups is 1. The summed E-state index contributed by atoms with van der Waals surface area (Å²) in [4.78, 5) is 11.4. The summed E-state index contributed by atoms with van der Waals surface area (Å²) in [7, 11) is 0. The number of ketones is 1. The van der Waals surface area contributed by atoms with Crippen LogP contribution in [0.2, 0.25) is 0 Å². The lowest BCUT2D eigenvalue weighted by atomic mass is 9.93. The van der Waals surface area contributed by atoms with Crippen LogP contribution >= 0.6 is 0 Å². The van der Waals surface area contributed by atoms with Gasteiger partial charge in [-0.3, -0.25) is 4.79 Å². The third kappa shape index (κ3) is 2.20. The predicted molar refractivity (Wildman–Crippen MR) is 50.9 cm³/mol. The number of hydrogen-bond donors (Lipinski definition) is 0. The maximum absolute atomic E-state index is 11.4. The minimum absolute atomic E-state index is 0.319. The largest absolute Gasteiger partial charge is 0.299 e. The normalized spacial score (nSPS) is 29.1. The van der Waals surface area contributed by atoms with E-state index in [-0.39, 0.29) is 0 Å². The number of carbonyl (C=O) groups excluding carboxylic acids is 1. The Morgan fingerprint density at radius 3 is 2.67 bits per heavy atom. The van der Waals surface area contributed by atoms with E-state index in [9.17, 15) is 4.79 Å². The second-order valence-corrected chi connectivity index (χ2v) is 4.11. The molecule has 68 valence electrons. The molecular weight excluding hydrogens is 148 g/mol. The van der Waals surface area contributed by atoms with Crippen molar-refractivity contribution < 1.29 is 4.79 Å². The molecule has 1 saturated carbocycles. The molecule has 1 fully saturated rings. The molecule has 12 heavy (non-hydrogen) atoms. The first-order valence-corrected chi connectivity index (χ1v) is 4.77. The van der Waals surface area contributed by atoms with Crippen molar-refractivity contribution in [2.75, 3.05) is 0 Å². The van der Waals surface area contributed by atoms with E-state index in [4.69, 9.17) is 0 Å². The lowest BCUT2D eigenvalue weighted by Crippen LogP contribution is -2.11. The van der Waals surface area contributed by atoms with Crippen molar-refractivity contribution in [2.45, 2.75) is 40.0 Å². The van der Waals surface area contributed by atoms with Crippen LogP contribution in [-0.2, 0) is 4.79 Å². The van der Waals surface area contributed by atoms with Crippen LogP contribution in [0.3, 0.4) is 0 Å². The molecule has 1 heteroatoms. The van der Waals surface area contributed by atoms with Gasteiger partial charge in [0.1, 0.15) is 5.78 Å². The second kappa shape index (κ2) is 3.88. The standard InChI is InChI=1S/C11H18O/c1-8(2)4-6-10-9(3)5-7-11(10)12/h4,9-10H,5-7H2,1-3H3/t9-,10+/m0/s1. The Kier molecular flexibility index (Phi) is 3.07. The first kappa shape index (κ1) is 9.50. The van der Waals surface area contributed by atoms with Gasteiger partial charge in [-0.05, 0) is 32.6 Å². The van der Waals surface area contributed by atoms with Gasteiger partial charge in [-0.2, -0.15) is 0 Å². The van der Waals surface area contributed by atoms with Gasteiger partial charge in [-0.15, -0.1) is 0 Å². The Morgan fingerprint density at radius 1 is 1.58 bits per heavy atom. The highest BCUT2D eigenvalue weighted by molar-refractivity contribution is 5.83. The lowest BCUT2D eigenvalue weighted by Gasteiger charge is -2.10. The molecule has 0 amide bonds. The van der Waals surface area contributed by atoms with Crippen LogP contribution in [0, 0.1) is 11.8 Å². The van der Waals surface area contributed by atoms with Gasteiger partial charge in [0.2, 0.25) is 0 Å². The summed E-state index contributed by atoms with van der Waals surface area (Å²) < 4.78 is 0. The van der Waals surface area contributed by atoms with E-state index in [1.165, 1.54) is 5.57 Å². The fourth-order valence-electron chi connectivity index (χ4n) is 1.80. The molecule has 0 heterocycles. The highest BCUT2D eigenvalue weighted by Crippen LogP contribution is 2.31. The first-order valence-electron chi connectivity index (χ1n) is 4.77. The zero-order chi connectivity index (χ0) is 9.14. The van der Waals surface area contributed by atoms with E-state index in [2.05, 4.69) is 26.8 Å². The van der Waals surface area contributed by atoms with Crippen LogP contribution in [0.25, 0.3) is 0 Å². The molecule has 1 nitrogen and oxygen atoms in total. The molecule has 2 atom stereocenters. The molecule has 0 bridgehead atoms. The van der Waals surface area contributed by atoms with Gasteiger partial charge in [0.15, 0.2) is 0 Å². The van der Waals surface area contributed by atoms with Gasteiger partial charge in [0, 0.05) is 12.3 Å². The van der Waals surface area contributed by atoms with E-state index >= 15 is 0 Å². The summed E-state index contributed by atoms with van der Waals surface area (Å²) in [5.74, 6) is 1.40. The van der Waals surface area contributed by atoms with Gasteiger partial charge < -0.3 is 0 Å². The van der Waals surface area contributed by atoms with E-state index < -0.39 is 0 Å². The molecule has 0 saturated heterocycles. The average molecular weight is 166 g/mol. The van der Waals surface area contributed by atoms with Crippen molar-refractivity contribution in [1.82, 2.24) is 0 Å². The fourth-order valence-corrected chi connectivity index (χ4v) is 1.80. The first-order chi connectivity index (χ1) is 5.61. The van der Waals surface area contributed by atoms with Crippen LogP contribution in [0.1, 0.15) is 40.0 Å². The average Bonchev–Trinajstić information content (AvgIpc) is 2.28. The van der Waals surface area contributed by atoms with Crippen molar-refractivity contribution in [3.63, 3.8) is 0 Å². The summed E-state index contributed by atoms with van der Waals surface area (Å²) in [6, 6.07) is 0. The van der Waals surface area contributed by atoms with Gasteiger partial charge >= 0.3 is 0 Å². The Morgan fingerprint density at radius 2 is 2.25 bits per heavy atom. The highest BCUT2D eigenvalue weighted by Gasteiger charge is 2.29. The zero-order valence-electron chi connectivity index (χ0n) is 8.26. The third-order valence-electron chi connectivity index (χ3n) is 2.73. The summed E-state index contributed by atoms with van der Waals surface area (Å²) >= 11 is 0. The number of rotatable bonds is 2. The summed E-state index contributed by atoms with van der Waals surface area (Å²) in [5, 5.41) is 0. The van der Waals surface area contributed by atoms with Crippen LogP contribution in [-0.4, -0.2) is 5.78 Å². The second-order valence-electron chi connectivity index (χ2n) is 4.11. The van der Waals surface area contributed by atoms with Gasteiger partial charge in [0.05, 0.1) is 0 Å². The summed E-state index contributed by atoms with van der Waals surface area (Å²) in [6.45, 7) is 6.36. The van der Waals surface area contributed by atoms with Crippen molar-refractivity contribution in [1.29, 1.82) is 0 Å². The maximum Gasteiger partial charge on any atom is 0.136 e. The molecule has 0 spiro atoms. The minimum atomic E-state index is 0.319. The molecular formula is C11H18O. The molecule has 1 rings (SSSR count). The van der Waals surface area contributed by atoms with Gasteiger partial charge in [-0.25, -0.2) is 0 Å². The molecule has 0 aliphatic heterocycles. The Hall–Kier alpha value is -0.590. The molecule has 0 aromatic rings. The van der Waals surface area contributed by atoms with Gasteiger partial charge in [-0.1, -0.05) is 18.6 Å². The monoisotopic (exact) mass is 166 g/mol. The van der Waals surface area contributed by atoms with Crippen LogP contribution < -0.4 is 0 Å². The molecule has 0 aromatic heterocycles. The smallest absolute Gasteiger partial charge is 0.136 e. The SMILES string of the molecule is CC(C)=CC[C@H]1C(=O)CC[C@@H]1C. The van der Waals surface area contributed by atoms with Crippen LogP contribution in [0.5, 0.6) is 0 Å². The minimum Gasteiger partial charge on any atom is -0.299 e. The Balaban J connectivity index is 2.50. The number of hydrogen-bond acceptors (Lipinski definition) is 1. The lowest BCUT2D eigenvalue weighted by molar-refractivity contribution is -0.121. The zero-order valence-corrected chi connectivity index (χ0v) is 8.26. The molecule has 1 aliphatic rings. The summed E-state index contributed by atoms with van der Waals surface area (Å²) in [6.07, 6.45) is 5.05. The van der Waals surface area contributed by atoms with Crippen molar-refractivity contribution in [3.05, 3.63) is 11.6 Å². The van der Waals surface area contributed by atoms with Crippen molar-refractivity contribution in [3.8, 4) is 0 Å². The molecule has 0 radical (unpaired) electrons. The molecule has 1 aliphatic carbocycles. The van der Waals surface area contributed by atoms with E-state index in [1.54, 1.807) is 0 Å². The van der Waals surface area contributed by atoms with E-state index in [0.717, 1.165) is 19.3 Å². The van der Waals surface area contributed by atoms with Crippen molar-refractivity contribution in [2.24, 2.45) is 11.8 Å². The Labute approximate surface area is 74.9 Å². The summed E-state index contributed by atoms with van der Waals surface area (Å²) in [5.41, 5.74) is 1.32. The number of allylic oxidation sites excluding steroid dienone is 2. The number of Topliss-reactive ketones (excluding diaryl/α,β-unsaturated/α-hetero) is 1. The topological polar surface area (TPSA) is 17.1 Å². The molecule has 0 N–H and O–H groups in total. The van der Waals surface area contributed by atoms with Gasteiger partial charge in [0.25, 0.3) is 0 Å². The van der Waals surface area contributed by atoms with Crippen LogP contribution in [0.15, 0.2) is 11.6 Å². The fraction of sp³-hybridized carbons (Fsp3) is 0.727.